The van der Waals surface area contributed by atoms with Gasteiger partial charge in [-0.25, -0.2) is 0 Å². The van der Waals surface area contributed by atoms with Crippen LogP contribution in [0.4, 0.5) is 0 Å². The zero-order valence-corrected chi connectivity index (χ0v) is 15.3. The zero-order valence-electron chi connectivity index (χ0n) is 12.2. The minimum atomic E-state index is -0.0435. The minimum absolute atomic E-state index is 0.0435. The number of nitrogens with zero attached hydrogens (tertiary/aromatic N) is 2. The van der Waals surface area contributed by atoms with Crippen LogP contribution in [0.25, 0.3) is 0 Å². The van der Waals surface area contributed by atoms with Crippen molar-refractivity contribution in [2.75, 3.05) is 6.54 Å². The summed E-state index contributed by atoms with van der Waals surface area (Å²) < 4.78 is 2.83. The molecule has 114 valence electrons. The first-order chi connectivity index (χ1) is 9.95. The first-order valence-electron chi connectivity index (χ1n) is 6.87. The Morgan fingerprint density at radius 3 is 2.57 bits per heavy atom. The van der Waals surface area contributed by atoms with Gasteiger partial charge in [-0.3, -0.25) is 4.68 Å². The number of aromatic nitrogens is 2. The third kappa shape index (κ3) is 3.62. The Morgan fingerprint density at radius 1 is 1.29 bits per heavy atom. The van der Waals surface area contributed by atoms with Gasteiger partial charge >= 0.3 is 0 Å². The van der Waals surface area contributed by atoms with Crippen molar-refractivity contribution in [1.82, 2.24) is 15.1 Å². The third-order valence-corrected chi connectivity index (χ3v) is 4.76. The van der Waals surface area contributed by atoms with Crippen molar-refractivity contribution in [2.45, 2.75) is 32.9 Å². The molecule has 1 unspecified atom stereocenters. The summed E-state index contributed by atoms with van der Waals surface area (Å²) in [5, 5.41) is 9.19. The van der Waals surface area contributed by atoms with E-state index in [1.165, 1.54) is 0 Å². The van der Waals surface area contributed by atoms with E-state index in [1.54, 1.807) is 6.20 Å². The van der Waals surface area contributed by atoms with Gasteiger partial charge in [0, 0.05) is 10.5 Å². The van der Waals surface area contributed by atoms with E-state index >= 15 is 0 Å². The average molecular weight is 391 g/mol. The molecule has 0 saturated heterocycles. The molecule has 2 rings (SSSR count). The molecule has 0 fully saturated rings. The van der Waals surface area contributed by atoms with Crippen molar-refractivity contribution in [1.29, 1.82) is 0 Å². The molecule has 1 atom stereocenters. The summed E-state index contributed by atoms with van der Waals surface area (Å²) in [6.45, 7) is 7.06. The van der Waals surface area contributed by atoms with E-state index in [-0.39, 0.29) is 12.1 Å². The van der Waals surface area contributed by atoms with Gasteiger partial charge in [0.2, 0.25) is 0 Å². The quantitative estimate of drug-likeness (QED) is 0.757. The van der Waals surface area contributed by atoms with E-state index in [0.717, 1.165) is 22.3 Å². The highest BCUT2D eigenvalue weighted by molar-refractivity contribution is 9.10. The Kier molecular flexibility index (Phi) is 5.72. The largest absolute Gasteiger partial charge is 0.305 e. The van der Waals surface area contributed by atoms with E-state index in [9.17, 15) is 0 Å². The summed E-state index contributed by atoms with van der Waals surface area (Å²) in [6, 6.07) is 6.13. The highest BCUT2D eigenvalue weighted by Crippen LogP contribution is 2.33. The number of benzene rings is 1. The maximum Gasteiger partial charge on any atom is 0.0837 e. The summed E-state index contributed by atoms with van der Waals surface area (Å²) in [4.78, 5) is 0. The maximum atomic E-state index is 6.37. The molecule has 1 aromatic carbocycles. The van der Waals surface area contributed by atoms with Crippen molar-refractivity contribution in [3.8, 4) is 0 Å². The van der Waals surface area contributed by atoms with Gasteiger partial charge in [0.05, 0.1) is 28.0 Å². The fourth-order valence-corrected chi connectivity index (χ4v) is 2.98. The van der Waals surface area contributed by atoms with Crippen molar-refractivity contribution in [2.24, 2.45) is 0 Å². The summed E-state index contributed by atoms with van der Waals surface area (Å²) in [7, 11) is 0. The van der Waals surface area contributed by atoms with Crippen molar-refractivity contribution in [3.63, 3.8) is 0 Å². The van der Waals surface area contributed by atoms with Gasteiger partial charge < -0.3 is 5.32 Å². The van der Waals surface area contributed by atoms with Crippen molar-refractivity contribution >= 4 is 39.1 Å². The predicted octanol–water partition coefficient (Wildman–Crippen LogP) is 5.23. The molecule has 0 bridgehead atoms. The Labute approximate surface area is 143 Å². The maximum absolute atomic E-state index is 6.37. The molecular weight excluding hydrogens is 373 g/mol. The summed E-state index contributed by atoms with van der Waals surface area (Å²) in [6.07, 6.45) is 1.70. The lowest BCUT2D eigenvalue weighted by atomic mass is 10.0. The monoisotopic (exact) mass is 389 g/mol. The molecule has 0 spiro atoms. The SMILES string of the molecule is CCNC(c1ccc(Br)c(Cl)c1)c1c(Cl)cnn1C(C)C. The van der Waals surface area contributed by atoms with E-state index in [2.05, 4.69) is 47.1 Å². The molecule has 0 radical (unpaired) electrons. The standard InChI is InChI=1S/C15H18BrCl2N3/c1-4-19-14(10-5-6-11(16)12(17)7-10)15-13(18)8-20-21(15)9(2)3/h5-9,14,19H,4H2,1-3H3. The van der Waals surface area contributed by atoms with E-state index in [0.29, 0.717) is 10.0 Å². The van der Waals surface area contributed by atoms with Crippen molar-refractivity contribution < 1.29 is 0 Å². The van der Waals surface area contributed by atoms with Gasteiger partial charge in [-0.15, -0.1) is 0 Å². The van der Waals surface area contributed by atoms with Crippen LogP contribution in [0.2, 0.25) is 10.0 Å². The molecule has 0 aliphatic rings. The van der Waals surface area contributed by atoms with Gasteiger partial charge in [0.25, 0.3) is 0 Å². The second kappa shape index (κ2) is 7.14. The molecule has 0 aliphatic carbocycles. The first-order valence-corrected chi connectivity index (χ1v) is 8.41. The molecule has 2 aromatic rings. The van der Waals surface area contributed by atoms with Crippen LogP contribution in [0.3, 0.4) is 0 Å². The Morgan fingerprint density at radius 2 is 2.00 bits per heavy atom. The highest BCUT2D eigenvalue weighted by atomic mass is 79.9. The lowest BCUT2D eigenvalue weighted by Gasteiger charge is -2.22. The van der Waals surface area contributed by atoms with Gasteiger partial charge in [-0.2, -0.15) is 5.10 Å². The lowest BCUT2D eigenvalue weighted by molar-refractivity contribution is 0.476. The van der Waals surface area contributed by atoms with Gasteiger partial charge in [0.1, 0.15) is 0 Å². The van der Waals surface area contributed by atoms with Crippen LogP contribution in [-0.2, 0) is 0 Å². The van der Waals surface area contributed by atoms with Crippen LogP contribution >= 0.6 is 39.1 Å². The zero-order chi connectivity index (χ0) is 15.6. The summed E-state index contributed by atoms with van der Waals surface area (Å²) in [5.41, 5.74) is 2.03. The smallest absolute Gasteiger partial charge is 0.0837 e. The van der Waals surface area contributed by atoms with Gasteiger partial charge in [-0.05, 0) is 54.0 Å². The van der Waals surface area contributed by atoms with Crippen LogP contribution in [0.15, 0.2) is 28.9 Å². The first kappa shape index (κ1) is 16.8. The van der Waals surface area contributed by atoms with Crippen LogP contribution in [-0.4, -0.2) is 16.3 Å². The van der Waals surface area contributed by atoms with E-state index in [4.69, 9.17) is 23.2 Å². The predicted molar refractivity (Wildman–Crippen MR) is 92.3 cm³/mol. The van der Waals surface area contributed by atoms with Crippen molar-refractivity contribution in [3.05, 3.63) is 50.2 Å². The second-order valence-corrected chi connectivity index (χ2v) is 6.75. The van der Waals surface area contributed by atoms with E-state index < -0.39 is 0 Å². The highest BCUT2D eigenvalue weighted by Gasteiger charge is 2.23. The molecule has 3 nitrogen and oxygen atoms in total. The molecule has 1 aromatic heterocycles. The Bertz CT molecular complexity index is 625. The topological polar surface area (TPSA) is 29.9 Å². The van der Waals surface area contributed by atoms with Crippen LogP contribution in [0, 0.1) is 0 Å². The second-order valence-electron chi connectivity index (χ2n) is 5.08. The molecule has 21 heavy (non-hydrogen) atoms. The number of rotatable bonds is 5. The number of halogens is 3. The lowest BCUT2D eigenvalue weighted by Crippen LogP contribution is -2.25. The molecule has 1 N–H and O–H groups in total. The van der Waals surface area contributed by atoms with Gasteiger partial charge in [0.15, 0.2) is 0 Å². The number of hydrogen-bond acceptors (Lipinski definition) is 2. The Hall–Kier alpha value is -0.550. The third-order valence-electron chi connectivity index (χ3n) is 3.23. The summed E-state index contributed by atoms with van der Waals surface area (Å²) >= 11 is 16.0. The average Bonchev–Trinajstić information content (AvgIpc) is 2.81. The summed E-state index contributed by atoms with van der Waals surface area (Å²) in [5.74, 6) is 0. The molecule has 1 heterocycles. The number of hydrogen-bond donors (Lipinski definition) is 1. The molecule has 0 saturated carbocycles. The Balaban J connectivity index is 2.53. The fourth-order valence-electron chi connectivity index (χ4n) is 2.30. The molecule has 6 heteroatoms. The van der Waals surface area contributed by atoms with Gasteiger partial charge in [-0.1, -0.05) is 36.2 Å². The fraction of sp³-hybridized carbons (Fsp3) is 0.400. The number of nitrogens with one attached hydrogen (secondary N) is 1. The van der Waals surface area contributed by atoms with E-state index in [1.807, 2.05) is 22.9 Å². The molecule has 0 aliphatic heterocycles. The van der Waals surface area contributed by atoms with Crippen LogP contribution in [0.5, 0.6) is 0 Å². The molecular formula is C15H18BrCl2N3. The van der Waals surface area contributed by atoms with Crippen LogP contribution < -0.4 is 5.32 Å². The van der Waals surface area contributed by atoms with Crippen LogP contribution in [0.1, 0.15) is 44.1 Å². The molecule has 0 amide bonds. The normalized spacial score (nSPS) is 12.9. The minimum Gasteiger partial charge on any atom is -0.305 e.